The lowest BCUT2D eigenvalue weighted by Gasteiger charge is -2.20. The van der Waals surface area contributed by atoms with Gasteiger partial charge < -0.3 is 15.2 Å². The van der Waals surface area contributed by atoms with Crippen molar-refractivity contribution in [2.45, 2.75) is 33.0 Å². The molecule has 0 bridgehead atoms. The van der Waals surface area contributed by atoms with Gasteiger partial charge in [-0.15, -0.1) is 0 Å². The predicted octanol–water partition coefficient (Wildman–Crippen LogP) is 5.26. The largest absolute Gasteiger partial charge is 0.473 e. The topological polar surface area (TPSA) is 86.5 Å². The number of nitrogens with zero attached hydrogens (tertiary/aromatic N) is 1. The Labute approximate surface area is 170 Å². The molecular weight excluding hydrogens is 366 g/mol. The Kier molecular flexibility index (Phi) is 6.02. The maximum atomic E-state index is 11.9. The summed E-state index contributed by atoms with van der Waals surface area (Å²) in [5, 5.41) is 2.67. The molecule has 1 aromatic heterocycles. The SMILES string of the molecule is CC(C)(C)OC(=O)Nc1ccc(-c2ccc(OCc3ccccc3)nc2)cc1N. The van der Waals surface area contributed by atoms with Crippen LogP contribution in [0.4, 0.5) is 16.2 Å². The van der Waals surface area contributed by atoms with Crippen LogP contribution in [0.3, 0.4) is 0 Å². The van der Waals surface area contributed by atoms with Gasteiger partial charge in [0.15, 0.2) is 0 Å². The van der Waals surface area contributed by atoms with E-state index in [1.807, 2.05) is 48.5 Å². The number of carbonyl (C=O) groups is 1. The molecule has 1 heterocycles. The van der Waals surface area contributed by atoms with Gasteiger partial charge in [0.2, 0.25) is 5.88 Å². The molecule has 2 aromatic carbocycles. The van der Waals surface area contributed by atoms with Gasteiger partial charge in [-0.2, -0.15) is 0 Å². The van der Waals surface area contributed by atoms with Gasteiger partial charge in [0, 0.05) is 17.8 Å². The minimum Gasteiger partial charge on any atom is -0.473 e. The third kappa shape index (κ3) is 5.97. The number of pyridine rings is 1. The second-order valence-corrected chi connectivity index (χ2v) is 7.59. The Hall–Kier alpha value is -3.54. The molecule has 29 heavy (non-hydrogen) atoms. The number of anilines is 2. The molecule has 0 unspecified atom stereocenters. The number of hydrogen-bond donors (Lipinski definition) is 2. The molecule has 0 spiro atoms. The van der Waals surface area contributed by atoms with Crippen molar-refractivity contribution in [3.05, 3.63) is 72.4 Å². The van der Waals surface area contributed by atoms with E-state index in [2.05, 4.69) is 10.3 Å². The standard InChI is InChI=1S/C23H25N3O3/c1-23(2,3)29-22(27)26-20-11-9-17(13-19(20)24)18-10-12-21(25-14-18)28-15-16-7-5-4-6-8-16/h4-14H,15,24H2,1-3H3,(H,26,27). The number of benzene rings is 2. The Bertz CT molecular complexity index is 965. The van der Waals surface area contributed by atoms with Crippen molar-refractivity contribution in [2.24, 2.45) is 0 Å². The first-order valence-corrected chi connectivity index (χ1v) is 9.33. The summed E-state index contributed by atoms with van der Waals surface area (Å²) < 4.78 is 11.0. The van der Waals surface area contributed by atoms with E-state index >= 15 is 0 Å². The summed E-state index contributed by atoms with van der Waals surface area (Å²) in [5.41, 5.74) is 9.33. The van der Waals surface area contributed by atoms with Gasteiger partial charge in [-0.05, 0) is 50.1 Å². The molecule has 0 saturated heterocycles. The second kappa shape index (κ2) is 8.65. The highest BCUT2D eigenvalue weighted by Crippen LogP contribution is 2.28. The van der Waals surface area contributed by atoms with E-state index in [9.17, 15) is 4.79 Å². The number of ether oxygens (including phenoxy) is 2. The minimum atomic E-state index is -0.575. The van der Waals surface area contributed by atoms with E-state index in [0.29, 0.717) is 23.9 Å². The quantitative estimate of drug-likeness (QED) is 0.580. The minimum absolute atomic E-state index is 0.442. The van der Waals surface area contributed by atoms with Crippen molar-refractivity contribution in [3.8, 4) is 17.0 Å². The molecule has 3 aromatic rings. The van der Waals surface area contributed by atoms with Gasteiger partial charge in [-0.3, -0.25) is 5.32 Å². The van der Waals surface area contributed by atoms with Gasteiger partial charge in [0.25, 0.3) is 0 Å². The molecule has 0 aliphatic rings. The first kappa shape index (κ1) is 20.2. The maximum Gasteiger partial charge on any atom is 0.412 e. The summed E-state index contributed by atoms with van der Waals surface area (Å²) in [6, 6.07) is 19.1. The van der Waals surface area contributed by atoms with Gasteiger partial charge in [0.1, 0.15) is 12.2 Å². The van der Waals surface area contributed by atoms with Crippen molar-refractivity contribution in [3.63, 3.8) is 0 Å². The zero-order valence-electron chi connectivity index (χ0n) is 16.8. The highest BCUT2D eigenvalue weighted by molar-refractivity contribution is 5.90. The fourth-order valence-corrected chi connectivity index (χ4v) is 2.64. The molecular formula is C23H25N3O3. The molecule has 6 nitrogen and oxygen atoms in total. The lowest BCUT2D eigenvalue weighted by Crippen LogP contribution is -2.27. The Balaban J connectivity index is 1.64. The first-order valence-electron chi connectivity index (χ1n) is 9.33. The van der Waals surface area contributed by atoms with Gasteiger partial charge in [-0.1, -0.05) is 36.4 Å². The van der Waals surface area contributed by atoms with Crippen LogP contribution in [0.2, 0.25) is 0 Å². The third-order valence-electron chi connectivity index (χ3n) is 3.99. The lowest BCUT2D eigenvalue weighted by molar-refractivity contribution is 0.0636. The zero-order valence-corrected chi connectivity index (χ0v) is 16.8. The van der Waals surface area contributed by atoms with Crippen LogP contribution in [0.15, 0.2) is 66.9 Å². The summed E-state index contributed by atoms with van der Waals surface area (Å²) >= 11 is 0. The molecule has 0 aliphatic heterocycles. The van der Waals surface area contributed by atoms with E-state index in [4.69, 9.17) is 15.2 Å². The van der Waals surface area contributed by atoms with Gasteiger partial charge in [0.05, 0.1) is 11.4 Å². The van der Waals surface area contributed by atoms with Crippen molar-refractivity contribution in [2.75, 3.05) is 11.1 Å². The first-order chi connectivity index (χ1) is 13.8. The molecule has 3 rings (SSSR count). The van der Waals surface area contributed by atoms with Gasteiger partial charge >= 0.3 is 6.09 Å². The number of aromatic nitrogens is 1. The Morgan fingerprint density at radius 2 is 1.76 bits per heavy atom. The van der Waals surface area contributed by atoms with E-state index in [1.54, 1.807) is 39.1 Å². The molecule has 1 amide bonds. The Morgan fingerprint density at radius 3 is 2.38 bits per heavy atom. The smallest absolute Gasteiger partial charge is 0.412 e. The van der Waals surface area contributed by atoms with Crippen LogP contribution in [0.1, 0.15) is 26.3 Å². The number of hydrogen-bond acceptors (Lipinski definition) is 5. The number of nitrogen functional groups attached to an aromatic ring is 1. The van der Waals surface area contributed by atoms with Crippen LogP contribution in [-0.2, 0) is 11.3 Å². The van der Waals surface area contributed by atoms with Crippen LogP contribution in [0.25, 0.3) is 11.1 Å². The van der Waals surface area contributed by atoms with Crippen molar-refractivity contribution in [1.29, 1.82) is 0 Å². The van der Waals surface area contributed by atoms with E-state index in [0.717, 1.165) is 16.7 Å². The number of amides is 1. The van der Waals surface area contributed by atoms with Gasteiger partial charge in [-0.25, -0.2) is 9.78 Å². The second-order valence-electron chi connectivity index (χ2n) is 7.59. The maximum absolute atomic E-state index is 11.9. The van der Waals surface area contributed by atoms with Crippen LogP contribution in [-0.4, -0.2) is 16.7 Å². The number of rotatable bonds is 5. The fourth-order valence-electron chi connectivity index (χ4n) is 2.64. The zero-order chi connectivity index (χ0) is 20.9. The number of carbonyl (C=O) groups excluding carboxylic acids is 1. The molecule has 6 heteroatoms. The number of nitrogens with two attached hydrogens (primary N) is 1. The van der Waals surface area contributed by atoms with Crippen molar-refractivity contribution < 1.29 is 14.3 Å². The summed E-state index contributed by atoms with van der Waals surface area (Å²) in [7, 11) is 0. The molecule has 0 fully saturated rings. The fraction of sp³-hybridized carbons (Fsp3) is 0.217. The van der Waals surface area contributed by atoms with Crippen LogP contribution in [0, 0.1) is 0 Å². The lowest BCUT2D eigenvalue weighted by atomic mass is 10.1. The summed E-state index contributed by atoms with van der Waals surface area (Å²) in [6.45, 7) is 5.88. The molecule has 150 valence electrons. The monoisotopic (exact) mass is 391 g/mol. The number of nitrogens with one attached hydrogen (secondary N) is 1. The summed E-state index contributed by atoms with van der Waals surface area (Å²) in [6.07, 6.45) is 1.19. The Morgan fingerprint density at radius 1 is 1.03 bits per heavy atom. The molecule has 0 saturated carbocycles. The predicted molar refractivity (Wildman–Crippen MR) is 115 cm³/mol. The highest BCUT2D eigenvalue weighted by atomic mass is 16.6. The van der Waals surface area contributed by atoms with E-state index in [1.165, 1.54) is 0 Å². The average molecular weight is 391 g/mol. The average Bonchev–Trinajstić information content (AvgIpc) is 2.68. The highest BCUT2D eigenvalue weighted by Gasteiger charge is 2.17. The molecule has 3 N–H and O–H groups in total. The van der Waals surface area contributed by atoms with E-state index < -0.39 is 11.7 Å². The third-order valence-corrected chi connectivity index (χ3v) is 3.99. The van der Waals surface area contributed by atoms with E-state index in [-0.39, 0.29) is 0 Å². The molecule has 0 atom stereocenters. The van der Waals surface area contributed by atoms with Crippen molar-refractivity contribution >= 4 is 17.5 Å². The van der Waals surface area contributed by atoms with Crippen LogP contribution < -0.4 is 15.8 Å². The normalized spacial score (nSPS) is 11.0. The summed E-state index contributed by atoms with van der Waals surface area (Å²) in [5.74, 6) is 0.550. The van der Waals surface area contributed by atoms with Crippen LogP contribution >= 0.6 is 0 Å². The molecule has 0 aliphatic carbocycles. The van der Waals surface area contributed by atoms with Crippen molar-refractivity contribution in [1.82, 2.24) is 4.98 Å². The summed E-state index contributed by atoms with van der Waals surface area (Å²) in [4.78, 5) is 16.3. The molecule has 0 radical (unpaired) electrons. The van der Waals surface area contributed by atoms with Crippen LogP contribution in [0.5, 0.6) is 5.88 Å².